The molecule has 7 heteroatoms. The Morgan fingerprint density at radius 1 is 1.21 bits per heavy atom. The third-order valence-corrected chi connectivity index (χ3v) is 5.10. The lowest BCUT2D eigenvalue weighted by molar-refractivity contribution is -0.121. The van der Waals surface area contributed by atoms with Crippen LogP contribution >= 0.6 is 11.6 Å². The SMILES string of the molecule is CCCCNC(=O)CC(c1cc(OC)cc(OC)c1)c1cnc2ccc(Cl)cn12. The molecule has 1 N–H and O–H groups in total. The number of carbonyl (C=O) groups excluding carboxylic acids is 1. The zero-order chi connectivity index (χ0) is 20.8. The third-order valence-electron chi connectivity index (χ3n) is 4.87. The quantitative estimate of drug-likeness (QED) is 0.524. The van der Waals surface area contributed by atoms with Crippen LogP contribution in [0.5, 0.6) is 11.5 Å². The van der Waals surface area contributed by atoms with Gasteiger partial charge >= 0.3 is 0 Å². The van der Waals surface area contributed by atoms with Gasteiger partial charge in [-0.3, -0.25) is 4.79 Å². The molecule has 3 rings (SSSR count). The van der Waals surface area contributed by atoms with Crippen LogP contribution < -0.4 is 14.8 Å². The Balaban J connectivity index is 2.04. The van der Waals surface area contributed by atoms with Gasteiger partial charge in [0, 0.05) is 37.3 Å². The molecule has 29 heavy (non-hydrogen) atoms. The highest BCUT2D eigenvalue weighted by Crippen LogP contribution is 2.34. The Hall–Kier alpha value is -2.73. The molecular weight excluding hydrogens is 390 g/mol. The Morgan fingerprint density at radius 3 is 2.59 bits per heavy atom. The molecule has 0 radical (unpaired) electrons. The molecule has 154 valence electrons. The molecule has 0 spiro atoms. The monoisotopic (exact) mass is 415 g/mol. The molecule has 0 saturated heterocycles. The number of methoxy groups -OCH3 is 2. The summed E-state index contributed by atoms with van der Waals surface area (Å²) in [5.41, 5.74) is 2.56. The molecule has 0 fully saturated rings. The molecule has 2 heterocycles. The number of unbranched alkanes of at least 4 members (excludes halogenated alkanes) is 1. The highest BCUT2D eigenvalue weighted by molar-refractivity contribution is 6.30. The van der Waals surface area contributed by atoms with Gasteiger partial charge in [-0.1, -0.05) is 24.9 Å². The maximum absolute atomic E-state index is 12.7. The van der Waals surface area contributed by atoms with Crippen molar-refractivity contribution in [3.05, 3.63) is 59.0 Å². The van der Waals surface area contributed by atoms with Crippen molar-refractivity contribution < 1.29 is 14.3 Å². The van der Waals surface area contributed by atoms with Crippen molar-refractivity contribution >= 4 is 23.2 Å². The lowest BCUT2D eigenvalue weighted by Gasteiger charge is -2.19. The molecule has 1 aromatic carbocycles. The van der Waals surface area contributed by atoms with Crippen LogP contribution in [0.15, 0.2) is 42.7 Å². The van der Waals surface area contributed by atoms with Crippen molar-refractivity contribution in [3.8, 4) is 11.5 Å². The second-order valence-corrected chi connectivity index (χ2v) is 7.30. The molecule has 0 saturated carbocycles. The van der Waals surface area contributed by atoms with Gasteiger partial charge in [-0.05, 0) is 36.2 Å². The van der Waals surface area contributed by atoms with Gasteiger partial charge < -0.3 is 19.2 Å². The first-order valence-electron chi connectivity index (χ1n) is 9.67. The Labute approximate surface area is 175 Å². The number of halogens is 1. The Bertz CT molecular complexity index is 964. The third kappa shape index (κ3) is 5.01. The van der Waals surface area contributed by atoms with Gasteiger partial charge in [0.1, 0.15) is 17.1 Å². The first-order valence-corrected chi connectivity index (χ1v) is 10.1. The summed E-state index contributed by atoms with van der Waals surface area (Å²) < 4.78 is 12.8. The number of carbonyl (C=O) groups is 1. The van der Waals surface area contributed by atoms with Gasteiger partial charge in [0.05, 0.1) is 24.9 Å². The van der Waals surface area contributed by atoms with E-state index in [4.69, 9.17) is 21.1 Å². The highest BCUT2D eigenvalue weighted by atomic mass is 35.5. The summed E-state index contributed by atoms with van der Waals surface area (Å²) in [6.45, 7) is 2.77. The topological polar surface area (TPSA) is 64.9 Å². The van der Waals surface area contributed by atoms with Crippen LogP contribution in [0.3, 0.4) is 0 Å². The van der Waals surface area contributed by atoms with E-state index in [2.05, 4.69) is 17.2 Å². The zero-order valence-electron chi connectivity index (χ0n) is 16.9. The summed E-state index contributed by atoms with van der Waals surface area (Å²) in [6.07, 6.45) is 5.87. The van der Waals surface area contributed by atoms with Crippen molar-refractivity contribution in [1.82, 2.24) is 14.7 Å². The molecule has 3 aromatic rings. The first kappa shape index (κ1) is 21.0. The number of benzene rings is 1. The number of ether oxygens (including phenoxy) is 2. The number of fused-ring (bicyclic) bond motifs is 1. The summed E-state index contributed by atoms with van der Waals surface area (Å²) in [5, 5.41) is 3.61. The van der Waals surface area contributed by atoms with Gasteiger partial charge in [-0.15, -0.1) is 0 Å². The summed E-state index contributed by atoms with van der Waals surface area (Å²) in [7, 11) is 3.22. The number of amides is 1. The Kier molecular flexibility index (Phi) is 6.99. The fourth-order valence-corrected chi connectivity index (χ4v) is 3.48. The zero-order valence-corrected chi connectivity index (χ0v) is 17.7. The molecule has 0 bridgehead atoms. The number of hydrogen-bond donors (Lipinski definition) is 1. The summed E-state index contributed by atoms with van der Waals surface area (Å²) in [5.74, 6) is 1.08. The molecule has 6 nitrogen and oxygen atoms in total. The van der Waals surface area contributed by atoms with Crippen molar-refractivity contribution in [2.45, 2.75) is 32.1 Å². The number of aromatic nitrogens is 2. The van der Waals surface area contributed by atoms with Crippen molar-refractivity contribution in [1.29, 1.82) is 0 Å². The smallest absolute Gasteiger partial charge is 0.221 e. The van der Waals surface area contributed by atoms with Gasteiger partial charge in [0.2, 0.25) is 5.91 Å². The predicted octanol–water partition coefficient (Wildman–Crippen LogP) is 4.44. The van der Waals surface area contributed by atoms with E-state index in [1.165, 1.54) is 0 Å². The molecule has 0 aliphatic carbocycles. The number of nitrogens with one attached hydrogen (secondary N) is 1. The number of hydrogen-bond acceptors (Lipinski definition) is 4. The molecule has 1 amide bonds. The number of pyridine rings is 1. The average molecular weight is 416 g/mol. The van der Waals surface area contributed by atoms with E-state index in [1.54, 1.807) is 26.5 Å². The fraction of sp³-hybridized carbons (Fsp3) is 0.364. The average Bonchev–Trinajstić information content (AvgIpc) is 3.14. The maximum Gasteiger partial charge on any atom is 0.221 e. The maximum atomic E-state index is 12.7. The number of nitrogens with zero attached hydrogens (tertiary/aromatic N) is 2. The lowest BCUT2D eigenvalue weighted by Crippen LogP contribution is -2.26. The number of imidazole rings is 1. The van der Waals surface area contributed by atoms with E-state index in [9.17, 15) is 4.79 Å². The van der Waals surface area contributed by atoms with Crippen LogP contribution in [0.1, 0.15) is 43.4 Å². The van der Waals surface area contributed by atoms with E-state index >= 15 is 0 Å². The van der Waals surface area contributed by atoms with Crippen molar-refractivity contribution in [3.63, 3.8) is 0 Å². The van der Waals surface area contributed by atoms with Gasteiger partial charge in [0.15, 0.2) is 0 Å². The lowest BCUT2D eigenvalue weighted by atomic mass is 9.91. The molecule has 1 atom stereocenters. The minimum absolute atomic E-state index is 0.0118. The van der Waals surface area contributed by atoms with Crippen LogP contribution in [0.25, 0.3) is 5.65 Å². The van der Waals surface area contributed by atoms with Crippen LogP contribution in [0, 0.1) is 0 Å². The minimum Gasteiger partial charge on any atom is -0.497 e. The van der Waals surface area contributed by atoms with E-state index in [0.717, 1.165) is 29.7 Å². The van der Waals surface area contributed by atoms with Gasteiger partial charge in [-0.25, -0.2) is 4.98 Å². The van der Waals surface area contributed by atoms with Crippen LogP contribution in [-0.2, 0) is 4.79 Å². The van der Waals surface area contributed by atoms with Crippen molar-refractivity contribution in [2.75, 3.05) is 20.8 Å². The van der Waals surface area contributed by atoms with Gasteiger partial charge in [-0.2, -0.15) is 0 Å². The molecule has 0 aliphatic heterocycles. The molecule has 1 unspecified atom stereocenters. The van der Waals surface area contributed by atoms with E-state index in [1.807, 2.05) is 34.9 Å². The largest absolute Gasteiger partial charge is 0.497 e. The summed E-state index contributed by atoms with van der Waals surface area (Å²) in [6, 6.07) is 9.32. The first-order chi connectivity index (χ1) is 14.0. The van der Waals surface area contributed by atoms with Crippen LogP contribution in [0.2, 0.25) is 5.02 Å². The number of rotatable bonds is 9. The van der Waals surface area contributed by atoms with Crippen LogP contribution in [0.4, 0.5) is 0 Å². The fourth-order valence-electron chi connectivity index (χ4n) is 3.32. The van der Waals surface area contributed by atoms with E-state index in [0.29, 0.717) is 23.1 Å². The standard InChI is InChI=1S/C22H26ClN3O3/c1-4-5-8-24-22(27)12-19(15-9-17(28-2)11-18(10-15)29-3)20-13-25-21-7-6-16(23)14-26(20)21/h6-7,9-11,13-14,19H,4-5,8,12H2,1-3H3,(H,24,27). The Morgan fingerprint density at radius 2 is 1.93 bits per heavy atom. The van der Waals surface area contributed by atoms with Gasteiger partial charge in [0.25, 0.3) is 0 Å². The van der Waals surface area contributed by atoms with E-state index in [-0.39, 0.29) is 18.2 Å². The molecule has 0 aliphatic rings. The molecular formula is C22H26ClN3O3. The predicted molar refractivity (Wildman–Crippen MR) is 114 cm³/mol. The normalized spacial score (nSPS) is 12.0. The summed E-state index contributed by atoms with van der Waals surface area (Å²) >= 11 is 6.22. The molecule has 2 aromatic heterocycles. The van der Waals surface area contributed by atoms with Crippen LogP contribution in [-0.4, -0.2) is 36.1 Å². The minimum atomic E-state index is -0.242. The second kappa shape index (κ2) is 9.65. The second-order valence-electron chi connectivity index (χ2n) is 6.86. The van der Waals surface area contributed by atoms with E-state index < -0.39 is 0 Å². The summed E-state index contributed by atoms with van der Waals surface area (Å²) in [4.78, 5) is 17.2. The highest BCUT2D eigenvalue weighted by Gasteiger charge is 2.23. The van der Waals surface area contributed by atoms with Crippen molar-refractivity contribution in [2.24, 2.45) is 0 Å².